The second-order valence-electron chi connectivity index (χ2n) is 9.30. The number of halogens is 1. The van der Waals surface area contributed by atoms with E-state index in [1.165, 1.54) is 19.2 Å². The van der Waals surface area contributed by atoms with Crippen LogP contribution in [0.4, 0.5) is 4.39 Å². The van der Waals surface area contributed by atoms with E-state index < -0.39 is 6.04 Å². The van der Waals surface area contributed by atoms with Crippen molar-refractivity contribution < 1.29 is 23.5 Å². The van der Waals surface area contributed by atoms with Crippen molar-refractivity contribution in [3.05, 3.63) is 125 Å². The van der Waals surface area contributed by atoms with Crippen LogP contribution in [0.3, 0.4) is 0 Å². The fourth-order valence-corrected chi connectivity index (χ4v) is 4.42. The number of nitrogens with zero attached hydrogens (tertiary/aromatic N) is 2. The number of hydrogen-bond acceptors (Lipinski definition) is 5. The molecule has 4 rings (SSSR count). The molecule has 2 amide bonds. The van der Waals surface area contributed by atoms with Crippen LogP contribution in [-0.2, 0) is 35.5 Å². The Labute approximate surface area is 233 Å². The summed E-state index contributed by atoms with van der Waals surface area (Å²) >= 11 is 0. The summed E-state index contributed by atoms with van der Waals surface area (Å²) in [5.74, 6) is 0.137. The van der Waals surface area contributed by atoms with Crippen molar-refractivity contribution in [2.24, 2.45) is 0 Å². The van der Waals surface area contributed by atoms with Gasteiger partial charge in [0.25, 0.3) is 0 Å². The fourth-order valence-electron chi connectivity index (χ4n) is 4.42. The van der Waals surface area contributed by atoms with E-state index in [-0.39, 0.29) is 37.1 Å². The van der Waals surface area contributed by atoms with E-state index in [0.29, 0.717) is 29.0 Å². The molecular weight excluding hydrogens is 509 g/mol. The molecule has 3 aromatic carbocycles. The van der Waals surface area contributed by atoms with Gasteiger partial charge in [-0.2, -0.15) is 0 Å². The van der Waals surface area contributed by atoms with Gasteiger partial charge in [-0.15, -0.1) is 0 Å². The lowest BCUT2D eigenvalue weighted by Crippen LogP contribution is -2.50. The number of pyridine rings is 1. The molecule has 1 N–H and O–H groups in total. The first kappa shape index (κ1) is 28.3. The molecule has 0 saturated heterocycles. The van der Waals surface area contributed by atoms with Crippen LogP contribution in [0.5, 0.6) is 11.5 Å². The highest BCUT2D eigenvalue weighted by Crippen LogP contribution is 2.28. The minimum atomic E-state index is -0.822. The lowest BCUT2D eigenvalue weighted by Gasteiger charge is -2.32. The van der Waals surface area contributed by atoms with Gasteiger partial charge >= 0.3 is 0 Å². The first-order valence-corrected chi connectivity index (χ1v) is 12.9. The average Bonchev–Trinajstić information content (AvgIpc) is 2.99. The van der Waals surface area contributed by atoms with Crippen LogP contribution < -0.4 is 14.8 Å². The van der Waals surface area contributed by atoms with E-state index >= 15 is 0 Å². The van der Waals surface area contributed by atoms with Crippen molar-refractivity contribution in [1.82, 2.24) is 15.2 Å². The Hall–Kier alpha value is -4.72. The standard InChI is InChI=1S/C32H32FN3O4/c1-39-29-15-12-25(18-30(29)40-2)19-31(37)36(22-24-10-13-27(33)14-11-24)28(17-23-7-4-3-5-8-23)32(38)35-21-26-9-6-16-34-20-26/h3-16,18,20,28H,17,19,21-22H2,1-2H3,(H,35,38). The summed E-state index contributed by atoms with van der Waals surface area (Å²) in [5, 5.41) is 2.98. The number of methoxy groups -OCH3 is 2. The zero-order valence-corrected chi connectivity index (χ0v) is 22.5. The maximum Gasteiger partial charge on any atom is 0.243 e. The summed E-state index contributed by atoms with van der Waals surface area (Å²) in [6.07, 6.45) is 3.69. The normalized spacial score (nSPS) is 11.4. The molecule has 7 nitrogen and oxygen atoms in total. The third kappa shape index (κ3) is 7.66. The number of carbonyl (C=O) groups excluding carboxylic acids is 2. The summed E-state index contributed by atoms with van der Waals surface area (Å²) in [4.78, 5) is 33.3. The van der Waals surface area contributed by atoms with Crippen molar-refractivity contribution in [3.8, 4) is 11.5 Å². The van der Waals surface area contributed by atoms with Gasteiger partial charge in [0.05, 0.1) is 20.6 Å². The molecule has 0 spiro atoms. The third-order valence-corrected chi connectivity index (χ3v) is 6.53. The predicted octanol–water partition coefficient (Wildman–Crippen LogP) is 4.74. The van der Waals surface area contributed by atoms with Crippen LogP contribution in [0.15, 0.2) is 97.3 Å². The number of amides is 2. The quantitative estimate of drug-likeness (QED) is 0.280. The first-order chi connectivity index (χ1) is 19.5. The van der Waals surface area contributed by atoms with E-state index in [1.54, 1.807) is 60.8 Å². The fraction of sp³-hybridized carbons (Fsp3) is 0.219. The average molecular weight is 542 g/mol. The molecule has 0 aliphatic rings. The van der Waals surface area contributed by atoms with Gasteiger partial charge in [0.2, 0.25) is 11.8 Å². The molecule has 8 heteroatoms. The minimum absolute atomic E-state index is 0.0305. The molecule has 1 aromatic heterocycles. The number of nitrogens with one attached hydrogen (secondary N) is 1. The molecule has 1 unspecified atom stereocenters. The SMILES string of the molecule is COc1ccc(CC(=O)N(Cc2ccc(F)cc2)C(Cc2ccccc2)C(=O)NCc2cccnc2)cc1OC. The van der Waals surface area contributed by atoms with E-state index in [4.69, 9.17) is 9.47 Å². The van der Waals surface area contributed by atoms with E-state index in [0.717, 1.165) is 11.1 Å². The van der Waals surface area contributed by atoms with Gasteiger partial charge in [-0.3, -0.25) is 14.6 Å². The monoisotopic (exact) mass is 541 g/mol. The van der Waals surface area contributed by atoms with Gasteiger partial charge in [0.1, 0.15) is 11.9 Å². The van der Waals surface area contributed by atoms with E-state index in [9.17, 15) is 14.0 Å². The van der Waals surface area contributed by atoms with Crippen LogP contribution in [-0.4, -0.2) is 42.0 Å². The maximum atomic E-state index is 13.9. The number of carbonyl (C=O) groups is 2. The van der Waals surface area contributed by atoms with Crippen molar-refractivity contribution in [1.29, 1.82) is 0 Å². The Morgan fingerprint density at radius 3 is 2.23 bits per heavy atom. The minimum Gasteiger partial charge on any atom is -0.493 e. The molecule has 0 bridgehead atoms. The van der Waals surface area contributed by atoms with Crippen molar-refractivity contribution in [3.63, 3.8) is 0 Å². The van der Waals surface area contributed by atoms with Crippen LogP contribution in [0.25, 0.3) is 0 Å². The van der Waals surface area contributed by atoms with Crippen molar-refractivity contribution in [2.75, 3.05) is 14.2 Å². The van der Waals surface area contributed by atoms with Gasteiger partial charge in [-0.1, -0.05) is 54.6 Å². The second-order valence-corrected chi connectivity index (χ2v) is 9.30. The lowest BCUT2D eigenvalue weighted by molar-refractivity contribution is -0.140. The third-order valence-electron chi connectivity index (χ3n) is 6.53. The second kappa shape index (κ2) is 13.9. The van der Waals surface area contributed by atoms with Gasteiger partial charge < -0.3 is 19.7 Å². The van der Waals surface area contributed by atoms with Gasteiger partial charge in [-0.05, 0) is 52.6 Å². The van der Waals surface area contributed by atoms with Gasteiger partial charge in [-0.25, -0.2) is 4.39 Å². The summed E-state index contributed by atoms with van der Waals surface area (Å²) in [7, 11) is 3.08. The number of benzene rings is 3. The van der Waals surface area contributed by atoms with Crippen LogP contribution in [0, 0.1) is 5.82 Å². The Bertz CT molecular complexity index is 1400. The Morgan fingerprint density at radius 2 is 1.55 bits per heavy atom. The van der Waals surface area contributed by atoms with Crippen molar-refractivity contribution in [2.45, 2.75) is 32.0 Å². The largest absolute Gasteiger partial charge is 0.493 e. The molecule has 0 aliphatic carbocycles. The maximum absolute atomic E-state index is 13.9. The molecule has 0 radical (unpaired) electrons. The Morgan fingerprint density at radius 1 is 0.850 bits per heavy atom. The zero-order chi connectivity index (χ0) is 28.3. The van der Waals surface area contributed by atoms with E-state index in [2.05, 4.69) is 10.3 Å². The molecule has 0 fully saturated rings. The highest BCUT2D eigenvalue weighted by Gasteiger charge is 2.30. The van der Waals surface area contributed by atoms with Gasteiger partial charge in [0, 0.05) is 31.9 Å². The number of hydrogen-bond donors (Lipinski definition) is 1. The highest BCUT2D eigenvalue weighted by molar-refractivity contribution is 5.89. The highest BCUT2D eigenvalue weighted by atomic mass is 19.1. The van der Waals surface area contributed by atoms with Gasteiger partial charge in [0.15, 0.2) is 11.5 Å². The van der Waals surface area contributed by atoms with Crippen molar-refractivity contribution >= 4 is 11.8 Å². The summed E-state index contributed by atoms with van der Waals surface area (Å²) in [6.45, 7) is 0.399. The number of rotatable bonds is 12. The molecule has 206 valence electrons. The Kier molecular flexibility index (Phi) is 9.83. The lowest BCUT2D eigenvalue weighted by atomic mass is 10.0. The van der Waals surface area contributed by atoms with Crippen LogP contribution in [0.1, 0.15) is 22.3 Å². The molecule has 40 heavy (non-hydrogen) atoms. The first-order valence-electron chi connectivity index (χ1n) is 12.9. The summed E-state index contributed by atoms with van der Waals surface area (Å²) in [5.41, 5.74) is 3.17. The topological polar surface area (TPSA) is 80.8 Å². The molecule has 0 saturated carbocycles. The van der Waals surface area contributed by atoms with Crippen LogP contribution >= 0.6 is 0 Å². The molecule has 1 heterocycles. The van der Waals surface area contributed by atoms with Crippen LogP contribution in [0.2, 0.25) is 0 Å². The summed E-state index contributed by atoms with van der Waals surface area (Å²) < 4.78 is 24.4. The predicted molar refractivity (Wildman–Crippen MR) is 150 cm³/mol. The molecule has 4 aromatic rings. The molecular formula is C32H32FN3O4. The Balaban J connectivity index is 1.66. The smallest absolute Gasteiger partial charge is 0.243 e. The molecule has 0 aliphatic heterocycles. The molecule has 1 atom stereocenters. The zero-order valence-electron chi connectivity index (χ0n) is 22.5. The summed E-state index contributed by atoms with van der Waals surface area (Å²) in [6, 6.07) is 23.6. The van der Waals surface area contributed by atoms with E-state index in [1.807, 2.05) is 36.4 Å². The number of ether oxygens (including phenoxy) is 2. The number of aromatic nitrogens is 1.